The molecular formula is C17H17N7O. The van der Waals surface area contributed by atoms with E-state index in [1.165, 1.54) is 0 Å². The van der Waals surface area contributed by atoms with Crippen LogP contribution in [0.3, 0.4) is 0 Å². The van der Waals surface area contributed by atoms with Gasteiger partial charge in [0.25, 0.3) is 0 Å². The van der Waals surface area contributed by atoms with E-state index in [2.05, 4.69) is 36.9 Å². The van der Waals surface area contributed by atoms with Crippen LogP contribution in [0.2, 0.25) is 0 Å². The smallest absolute Gasteiger partial charge is 0.153 e. The Hall–Kier alpha value is -3.60. The van der Waals surface area contributed by atoms with Crippen molar-refractivity contribution in [2.24, 2.45) is 0 Å². The van der Waals surface area contributed by atoms with Gasteiger partial charge in [0.1, 0.15) is 30.1 Å². The topological polar surface area (TPSA) is 112 Å². The Bertz CT molecular complexity index is 870. The van der Waals surface area contributed by atoms with Crippen molar-refractivity contribution in [2.45, 2.75) is 6.92 Å². The number of aromatic nitrogens is 4. The molecule has 0 atom stereocenters. The molecule has 8 nitrogen and oxygen atoms in total. The molecule has 0 saturated carbocycles. The molecule has 25 heavy (non-hydrogen) atoms. The Labute approximate surface area is 144 Å². The highest BCUT2D eigenvalue weighted by Gasteiger charge is 2.07. The lowest BCUT2D eigenvalue weighted by atomic mass is 10.2. The predicted octanol–water partition coefficient (Wildman–Crippen LogP) is 2.61. The van der Waals surface area contributed by atoms with E-state index in [4.69, 9.17) is 4.74 Å². The molecule has 3 aromatic rings. The Kier molecular flexibility index (Phi) is 5.07. The number of hydrogen-bond donors (Lipinski definition) is 3. The number of aryl methyl sites for hydroxylation is 1. The second-order valence-corrected chi connectivity index (χ2v) is 5.23. The van der Waals surface area contributed by atoms with Gasteiger partial charge in [-0.05, 0) is 31.2 Å². The summed E-state index contributed by atoms with van der Waals surface area (Å²) >= 11 is 0. The third-order valence-electron chi connectivity index (χ3n) is 3.28. The summed E-state index contributed by atoms with van der Waals surface area (Å²) < 4.78 is 5.56. The number of ether oxygens (including phenoxy) is 1. The first-order valence-corrected chi connectivity index (χ1v) is 7.71. The monoisotopic (exact) mass is 335 g/mol. The number of anilines is 3. The summed E-state index contributed by atoms with van der Waals surface area (Å²) in [5, 5.41) is 22.4. The normalized spacial score (nSPS) is 10.1. The van der Waals surface area contributed by atoms with Crippen molar-refractivity contribution in [3.63, 3.8) is 0 Å². The van der Waals surface area contributed by atoms with E-state index in [9.17, 15) is 5.26 Å². The molecule has 0 amide bonds. The minimum atomic E-state index is 0.425. The first kappa shape index (κ1) is 16.3. The number of H-pyrrole nitrogens is 1. The molecule has 0 bridgehead atoms. The molecule has 0 unspecified atom stereocenters. The van der Waals surface area contributed by atoms with E-state index in [0.29, 0.717) is 41.9 Å². The molecule has 126 valence electrons. The van der Waals surface area contributed by atoms with E-state index in [0.717, 1.165) is 5.69 Å². The van der Waals surface area contributed by atoms with E-state index < -0.39 is 0 Å². The van der Waals surface area contributed by atoms with Gasteiger partial charge in [0.2, 0.25) is 0 Å². The van der Waals surface area contributed by atoms with Crippen LogP contribution in [-0.4, -0.2) is 33.3 Å². The van der Waals surface area contributed by atoms with E-state index in [1.54, 1.807) is 24.5 Å². The zero-order valence-electron chi connectivity index (χ0n) is 13.7. The van der Waals surface area contributed by atoms with Crippen LogP contribution < -0.4 is 15.4 Å². The lowest BCUT2D eigenvalue weighted by Gasteiger charge is -2.10. The molecule has 0 saturated heterocycles. The number of aromatic amines is 1. The Morgan fingerprint density at radius 2 is 2.20 bits per heavy atom. The third kappa shape index (κ3) is 4.45. The van der Waals surface area contributed by atoms with Crippen LogP contribution in [0.1, 0.15) is 11.3 Å². The highest BCUT2D eigenvalue weighted by molar-refractivity contribution is 5.60. The Balaban J connectivity index is 1.61. The standard InChI is InChI=1S/C17H17N7O/c1-12-9-16(24-23-12)21-15-5-4-13(10-18)17(22-15)20-7-8-25-14-3-2-6-19-11-14/h2-6,9,11H,7-8H2,1H3,(H3,20,21,22,23,24). The van der Waals surface area contributed by atoms with Gasteiger partial charge in [-0.25, -0.2) is 4.98 Å². The average Bonchev–Trinajstić information content (AvgIpc) is 3.04. The van der Waals surface area contributed by atoms with E-state index in [1.807, 2.05) is 25.1 Å². The van der Waals surface area contributed by atoms with Crippen molar-refractivity contribution in [1.29, 1.82) is 5.26 Å². The molecular weight excluding hydrogens is 318 g/mol. The molecule has 8 heteroatoms. The van der Waals surface area contributed by atoms with Crippen molar-refractivity contribution >= 4 is 17.5 Å². The highest BCUT2D eigenvalue weighted by atomic mass is 16.5. The molecule has 0 radical (unpaired) electrons. The quantitative estimate of drug-likeness (QED) is 0.569. The molecule has 3 heterocycles. The summed E-state index contributed by atoms with van der Waals surface area (Å²) in [6, 6.07) is 11.1. The molecule has 0 spiro atoms. The van der Waals surface area contributed by atoms with Crippen LogP contribution in [0.15, 0.2) is 42.7 Å². The summed E-state index contributed by atoms with van der Waals surface area (Å²) in [7, 11) is 0. The fourth-order valence-corrected chi connectivity index (χ4v) is 2.14. The van der Waals surface area contributed by atoms with Crippen molar-refractivity contribution in [3.05, 3.63) is 54.0 Å². The third-order valence-corrected chi connectivity index (χ3v) is 3.28. The lowest BCUT2D eigenvalue weighted by Crippen LogP contribution is -2.13. The summed E-state index contributed by atoms with van der Waals surface area (Å²) in [6.07, 6.45) is 3.34. The minimum Gasteiger partial charge on any atom is -0.490 e. The second kappa shape index (κ2) is 7.79. The number of nitrogens with one attached hydrogen (secondary N) is 3. The number of nitriles is 1. The Morgan fingerprint density at radius 1 is 1.28 bits per heavy atom. The molecule has 0 aliphatic heterocycles. The average molecular weight is 335 g/mol. The van der Waals surface area contributed by atoms with Crippen LogP contribution in [0.5, 0.6) is 5.75 Å². The van der Waals surface area contributed by atoms with Crippen molar-refractivity contribution < 1.29 is 4.74 Å². The summed E-state index contributed by atoms with van der Waals surface area (Å²) in [4.78, 5) is 8.41. The first-order chi connectivity index (χ1) is 12.2. The molecule has 0 aromatic carbocycles. The van der Waals surface area contributed by atoms with Crippen molar-refractivity contribution in [3.8, 4) is 11.8 Å². The maximum atomic E-state index is 9.23. The van der Waals surface area contributed by atoms with Crippen molar-refractivity contribution in [1.82, 2.24) is 20.2 Å². The second-order valence-electron chi connectivity index (χ2n) is 5.23. The maximum absolute atomic E-state index is 9.23. The number of hydrogen-bond acceptors (Lipinski definition) is 7. The fraction of sp³-hybridized carbons (Fsp3) is 0.176. The summed E-state index contributed by atoms with van der Waals surface area (Å²) in [6.45, 7) is 2.84. The Morgan fingerprint density at radius 3 is 2.92 bits per heavy atom. The molecule has 3 aromatic heterocycles. The first-order valence-electron chi connectivity index (χ1n) is 7.71. The number of nitrogens with zero attached hydrogens (tertiary/aromatic N) is 4. The largest absolute Gasteiger partial charge is 0.490 e. The summed E-state index contributed by atoms with van der Waals surface area (Å²) in [5.74, 6) is 2.46. The maximum Gasteiger partial charge on any atom is 0.153 e. The van der Waals surface area contributed by atoms with Crippen molar-refractivity contribution in [2.75, 3.05) is 23.8 Å². The molecule has 0 fully saturated rings. The molecule has 0 aliphatic carbocycles. The van der Waals surface area contributed by atoms with Gasteiger partial charge in [-0.2, -0.15) is 10.4 Å². The van der Waals surface area contributed by atoms with Crippen LogP contribution in [-0.2, 0) is 0 Å². The zero-order chi connectivity index (χ0) is 17.5. The van der Waals surface area contributed by atoms with Gasteiger partial charge < -0.3 is 15.4 Å². The highest BCUT2D eigenvalue weighted by Crippen LogP contribution is 2.18. The van der Waals surface area contributed by atoms with Gasteiger partial charge in [0.15, 0.2) is 5.82 Å². The van der Waals surface area contributed by atoms with Gasteiger partial charge >= 0.3 is 0 Å². The fourth-order valence-electron chi connectivity index (χ4n) is 2.14. The SMILES string of the molecule is Cc1cc(Nc2ccc(C#N)c(NCCOc3cccnc3)n2)n[nH]1. The van der Waals surface area contributed by atoms with Crippen LogP contribution in [0.25, 0.3) is 0 Å². The van der Waals surface area contributed by atoms with Gasteiger partial charge in [-0.1, -0.05) is 0 Å². The van der Waals surface area contributed by atoms with Gasteiger partial charge in [-0.3, -0.25) is 10.1 Å². The van der Waals surface area contributed by atoms with Crippen LogP contribution in [0.4, 0.5) is 17.5 Å². The number of pyridine rings is 2. The van der Waals surface area contributed by atoms with Crippen LogP contribution >= 0.6 is 0 Å². The zero-order valence-corrected chi connectivity index (χ0v) is 13.7. The molecule has 0 aliphatic rings. The molecule has 3 N–H and O–H groups in total. The predicted molar refractivity (Wildman–Crippen MR) is 93.8 cm³/mol. The number of rotatable bonds is 7. The molecule has 3 rings (SSSR count). The van der Waals surface area contributed by atoms with Gasteiger partial charge in [-0.15, -0.1) is 0 Å². The minimum absolute atomic E-state index is 0.425. The van der Waals surface area contributed by atoms with Gasteiger partial charge in [0, 0.05) is 18.0 Å². The van der Waals surface area contributed by atoms with Crippen LogP contribution in [0, 0.1) is 18.3 Å². The van der Waals surface area contributed by atoms with E-state index >= 15 is 0 Å². The van der Waals surface area contributed by atoms with E-state index in [-0.39, 0.29) is 0 Å². The lowest BCUT2D eigenvalue weighted by molar-refractivity contribution is 0.331. The van der Waals surface area contributed by atoms with Gasteiger partial charge in [0.05, 0.1) is 18.3 Å². The summed E-state index contributed by atoms with van der Waals surface area (Å²) in [5.41, 5.74) is 1.41.